The molecule has 0 radical (unpaired) electrons. The van der Waals surface area contributed by atoms with Gasteiger partial charge in [-0.3, -0.25) is 5.10 Å². The molecule has 1 heterocycles. The molecule has 0 bridgehead atoms. The van der Waals surface area contributed by atoms with Crippen LogP contribution in [-0.2, 0) is 13.0 Å². The molecule has 1 aromatic heterocycles. The predicted octanol–water partition coefficient (Wildman–Crippen LogP) is 3.22. The van der Waals surface area contributed by atoms with Crippen molar-refractivity contribution in [2.45, 2.75) is 13.0 Å². The molecule has 0 aliphatic carbocycles. The van der Waals surface area contributed by atoms with Gasteiger partial charge in [0.2, 0.25) is 0 Å². The Morgan fingerprint density at radius 1 is 1.00 bits per heavy atom. The highest BCUT2D eigenvalue weighted by molar-refractivity contribution is 5.63. The van der Waals surface area contributed by atoms with Crippen LogP contribution in [0, 0.1) is 0 Å². The molecule has 0 aliphatic heterocycles. The summed E-state index contributed by atoms with van der Waals surface area (Å²) in [7, 11) is 0. The molecule has 3 aromatic rings. The van der Waals surface area contributed by atoms with Crippen LogP contribution in [0.3, 0.4) is 0 Å². The molecule has 0 fully saturated rings. The minimum Gasteiger partial charge on any atom is -0.396 e. The summed E-state index contributed by atoms with van der Waals surface area (Å²) in [6.07, 6.45) is 2.55. The summed E-state index contributed by atoms with van der Waals surface area (Å²) in [6.45, 7) is 0.891. The molecule has 3 N–H and O–H groups in total. The van der Waals surface area contributed by atoms with Gasteiger partial charge in [0, 0.05) is 24.4 Å². The number of rotatable bonds is 6. The van der Waals surface area contributed by atoms with E-state index in [4.69, 9.17) is 5.11 Å². The lowest BCUT2D eigenvalue weighted by atomic mass is 10.1. The topological polar surface area (TPSA) is 60.9 Å². The summed E-state index contributed by atoms with van der Waals surface area (Å²) < 4.78 is 0. The third-order valence-corrected chi connectivity index (χ3v) is 3.62. The number of hydrogen-bond acceptors (Lipinski definition) is 3. The van der Waals surface area contributed by atoms with Crippen molar-refractivity contribution < 1.29 is 5.11 Å². The summed E-state index contributed by atoms with van der Waals surface area (Å²) in [4.78, 5) is 0. The van der Waals surface area contributed by atoms with E-state index in [0.29, 0.717) is 13.0 Å². The zero-order valence-electron chi connectivity index (χ0n) is 12.3. The molecule has 0 saturated heterocycles. The maximum Gasteiger partial charge on any atom is 0.0700 e. The van der Waals surface area contributed by atoms with Gasteiger partial charge in [-0.25, -0.2) is 0 Å². The van der Waals surface area contributed by atoms with Gasteiger partial charge < -0.3 is 10.4 Å². The van der Waals surface area contributed by atoms with Crippen molar-refractivity contribution in [3.63, 3.8) is 0 Å². The second-order valence-corrected chi connectivity index (χ2v) is 5.16. The number of aromatic amines is 1. The molecule has 22 heavy (non-hydrogen) atoms. The Morgan fingerprint density at radius 3 is 2.50 bits per heavy atom. The largest absolute Gasteiger partial charge is 0.396 e. The van der Waals surface area contributed by atoms with Gasteiger partial charge in [-0.05, 0) is 29.7 Å². The Hall–Kier alpha value is -2.59. The highest BCUT2D eigenvalue weighted by atomic mass is 16.2. The maximum atomic E-state index is 8.93. The zero-order chi connectivity index (χ0) is 15.2. The minimum absolute atomic E-state index is 0.183. The van der Waals surface area contributed by atoms with E-state index in [-0.39, 0.29) is 6.61 Å². The number of hydrogen-bond donors (Lipinski definition) is 3. The van der Waals surface area contributed by atoms with Crippen molar-refractivity contribution in [3.05, 3.63) is 71.9 Å². The van der Waals surface area contributed by atoms with E-state index in [2.05, 4.69) is 27.6 Å². The van der Waals surface area contributed by atoms with Gasteiger partial charge in [0.1, 0.15) is 0 Å². The van der Waals surface area contributed by atoms with Crippen molar-refractivity contribution in [2.24, 2.45) is 0 Å². The van der Waals surface area contributed by atoms with E-state index in [0.717, 1.165) is 28.1 Å². The Kier molecular flexibility index (Phi) is 4.51. The van der Waals surface area contributed by atoms with E-state index in [1.54, 1.807) is 0 Å². The number of aromatic nitrogens is 2. The summed E-state index contributed by atoms with van der Waals surface area (Å²) >= 11 is 0. The van der Waals surface area contributed by atoms with Gasteiger partial charge >= 0.3 is 0 Å². The Labute approximate surface area is 129 Å². The summed E-state index contributed by atoms with van der Waals surface area (Å²) in [5.74, 6) is 0. The molecule has 4 nitrogen and oxygen atoms in total. The molecule has 3 rings (SSSR count). The van der Waals surface area contributed by atoms with Crippen LogP contribution in [0.15, 0.2) is 60.8 Å². The molecule has 2 aromatic carbocycles. The van der Waals surface area contributed by atoms with Crippen LogP contribution >= 0.6 is 0 Å². The average Bonchev–Trinajstić information content (AvgIpc) is 3.04. The maximum absolute atomic E-state index is 8.93. The number of H-pyrrole nitrogens is 1. The van der Waals surface area contributed by atoms with Gasteiger partial charge in [0.05, 0.1) is 11.9 Å². The van der Waals surface area contributed by atoms with Gasteiger partial charge in [-0.2, -0.15) is 5.10 Å². The first-order chi connectivity index (χ1) is 10.9. The average molecular weight is 293 g/mol. The molecule has 0 atom stereocenters. The zero-order valence-corrected chi connectivity index (χ0v) is 12.3. The SMILES string of the molecule is OCCc1ccc(NCc2cn[nH]c2-c2ccccc2)cc1. The first-order valence-corrected chi connectivity index (χ1v) is 7.38. The minimum atomic E-state index is 0.183. The first kappa shape index (κ1) is 14.4. The number of nitrogens with zero attached hydrogens (tertiary/aromatic N) is 1. The summed E-state index contributed by atoms with van der Waals surface area (Å²) in [5, 5.41) is 19.6. The molecule has 0 saturated carbocycles. The van der Waals surface area contributed by atoms with Crippen molar-refractivity contribution in [3.8, 4) is 11.3 Å². The van der Waals surface area contributed by atoms with Crippen molar-refractivity contribution in [1.29, 1.82) is 0 Å². The number of benzene rings is 2. The van der Waals surface area contributed by atoms with Crippen LogP contribution in [0.2, 0.25) is 0 Å². The van der Waals surface area contributed by atoms with Gasteiger partial charge in [-0.15, -0.1) is 0 Å². The Morgan fingerprint density at radius 2 is 1.77 bits per heavy atom. The normalized spacial score (nSPS) is 10.6. The lowest BCUT2D eigenvalue weighted by molar-refractivity contribution is 0.299. The summed E-state index contributed by atoms with van der Waals surface area (Å²) in [5.41, 5.74) is 5.51. The highest BCUT2D eigenvalue weighted by Gasteiger charge is 2.07. The smallest absolute Gasteiger partial charge is 0.0700 e. The molecular weight excluding hydrogens is 274 g/mol. The molecule has 4 heteroatoms. The Balaban J connectivity index is 1.68. The monoisotopic (exact) mass is 293 g/mol. The molecule has 0 aliphatic rings. The van der Waals surface area contributed by atoms with Crippen molar-refractivity contribution in [2.75, 3.05) is 11.9 Å². The summed E-state index contributed by atoms with van der Waals surface area (Å²) in [6, 6.07) is 18.3. The molecule has 112 valence electrons. The van der Waals surface area contributed by atoms with Crippen LogP contribution in [-0.4, -0.2) is 21.9 Å². The number of nitrogens with one attached hydrogen (secondary N) is 2. The Bertz CT molecular complexity index is 705. The first-order valence-electron chi connectivity index (χ1n) is 7.38. The molecule has 0 spiro atoms. The predicted molar refractivity (Wildman–Crippen MR) is 88.6 cm³/mol. The molecule has 0 amide bonds. The van der Waals surface area contributed by atoms with Crippen molar-refractivity contribution >= 4 is 5.69 Å². The molecular formula is C18H19N3O. The standard InChI is InChI=1S/C18H19N3O/c22-11-10-14-6-8-17(9-7-14)19-12-16-13-20-21-18(16)15-4-2-1-3-5-15/h1-9,13,19,22H,10-12H2,(H,20,21). The quantitative estimate of drug-likeness (QED) is 0.654. The second kappa shape index (κ2) is 6.91. The number of anilines is 1. The highest BCUT2D eigenvalue weighted by Crippen LogP contribution is 2.21. The van der Waals surface area contributed by atoms with Crippen LogP contribution in [0.25, 0.3) is 11.3 Å². The fourth-order valence-electron chi connectivity index (χ4n) is 2.42. The fraction of sp³-hybridized carbons (Fsp3) is 0.167. The fourth-order valence-corrected chi connectivity index (χ4v) is 2.42. The third-order valence-electron chi connectivity index (χ3n) is 3.62. The number of aliphatic hydroxyl groups is 1. The van der Waals surface area contributed by atoms with E-state index >= 15 is 0 Å². The van der Waals surface area contributed by atoms with Crippen LogP contribution < -0.4 is 5.32 Å². The van der Waals surface area contributed by atoms with E-state index in [1.165, 1.54) is 0 Å². The van der Waals surface area contributed by atoms with E-state index < -0.39 is 0 Å². The van der Waals surface area contributed by atoms with Gasteiger partial charge in [-0.1, -0.05) is 42.5 Å². The van der Waals surface area contributed by atoms with Crippen LogP contribution in [0.4, 0.5) is 5.69 Å². The molecule has 0 unspecified atom stereocenters. The third kappa shape index (κ3) is 3.35. The van der Waals surface area contributed by atoms with E-state index in [9.17, 15) is 0 Å². The second-order valence-electron chi connectivity index (χ2n) is 5.16. The lowest BCUT2D eigenvalue weighted by Gasteiger charge is -2.08. The van der Waals surface area contributed by atoms with Crippen LogP contribution in [0.1, 0.15) is 11.1 Å². The lowest BCUT2D eigenvalue weighted by Crippen LogP contribution is -2.00. The van der Waals surface area contributed by atoms with Gasteiger partial charge in [0.25, 0.3) is 0 Å². The number of aliphatic hydroxyl groups excluding tert-OH is 1. The van der Waals surface area contributed by atoms with E-state index in [1.807, 2.05) is 48.7 Å². The van der Waals surface area contributed by atoms with Gasteiger partial charge in [0.15, 0.2) is 0 Å². The van der Waals surface area contributed by atoms with Crippen LogP contribution in [0.5, 0.6) is 0 Å². The van der Waals surface area contributed by atoms with Crippen molar-refractivity contribution in [1.82, 2.24) is 10.2 Å².